The molecule has 4 nitrogen and oxygen atoms in total. The zero-order valence-corrected chi connectivity index (χ0v) is 12.7. The molecule has 1 N–H and O–H groups in total. The first-order valence-electron chi connectivity index (χ1n) is 7.55. The summed E-state index contributed by atoms with van der Waals surface area (Å²) < 4.78 is 4.15. The first kappa shape index (κ1) is 14.9. The van der Waals surface area contributed by atoms with Crippen molar-refractivity contribution in [2.24, 2.45) is 0 Å². The van der Waals surface area contributed by atoms with Gasteiger partial charge in [0.1, 0.15) is 0 Å². The van der Waals surface area contributed by atoms with E-state index in [0.29, 0.717) is 6.04 Å². The minimum Gasteiger partial charge on any atom is -0.388 e. The van der Waals surface area contributed by atoms with Crippen LogP contribution in [-0.2, 0) is 6.54 Å². The Morgan fingerprint density at radius 2 is 1.85 bits per heavy atom. The molecular weight excluding hydrogens is 250 g/mol. The minimum atomic E-state index is -0.363. The van der Waals surface area contributed by atoms with Gasteiger partial charge in [-0.25, -0.2) is 0 Å². The molecule has 0 aliphatic rings. The monoisotopic (exact) mass is 275 g/mol. The lowest BCUT2D eigenvalue weighted by molar-refractivity contribution is 0.173. The number of rotatable bonds is 7. The number of nitrogens with zero attached hydrogens (tertiary/aromatic N) is 3. The molecule has 0 amide bonds. The maximum Gasteiger partial charge on any atom is 0.0821 e. The molecule has 110 valence electrons. The second kappa shape index (κ2) is 6.75. The highest BCUT2D eigenvalue weighted by Crippen LogP contribution is 2.18. The smallest absolute Gasteiger partial charge is 0.0821 e. The SMILES string of the molecule is CCC(O)c1ccn(Cc2ccn(C(CC)CC)n2)c1. The van der Waals surface area contributed by atoms with Crippen molar-refractivity contribution in [1.82, 2.24) is 14.3 Å². The first-order valence-corrected chi connectivity index (χ1v) is 7.55. The number of aliphatic hydroxyl groups excluding tert-OH is 1. The zero-order chi connectivity index (χ0) is 14.5. The standard InChI is InChI=1S/C16H25N3O/c1-4-15(5-2)19-10-8-14(17-19)12-18-9-7-13(11-18)16(20)6-3/h7-11,15-16,20H,4-6,12H2,1-3H3. The van der Waals surface area contributed by atoms with Crippen molar-refractivity contribution in [1.29, 1.82) is 0 Å². The van der Waals surface area contributed by atoms with Crippen LogP contribution in [0.3, 0.4) is 0 Å². The minimum absolute atomic E-state index is 0.363. The van der Waals surface area contributed by atoms with E-state index in [-0.39, 0.29) is 6.10 Å². The van der Waals surface area contributed by atoms with Gasteiger partial charge in [0.25, 0.3) is 0 Å². The third-order valence-electron chi connectivity index (χ3n) is 3.87. The van der Waals surface area contributed by atoms with Gasteiger partial charge in [-0.05, 0) is 37.0 Å². The van der Waals surface area contributed by atoms with Gasteiger partial charge in [-0.2, -0.15) is 5.10 Å². The van der Waals surface area contributed by atoms with Crippen LogP contribution in [-0.4, -0.2) is 19.5 Å². The van der Waals surface area contributed by atoms with Gasteiger partial charge in [0, 0.05) is 18.6 Å². The van der Waals surface area contributed by atoms with Gasteiger partial charge >= 0.3 is 0 Å². The molecule has 0 spiro atoms. The summed E-state index contributed by atoms with van der Waals surface area (Å²) in [6.45, 7) is 7.13. The Balaban J connectivity index is 2.05. The lowest BCUT2D eigenvalue weighted by atomic mass is 10.1. The van der Waals surface area contributed by atoms with Crippen molar-refractivity contribution in [3.63, 3.8) is 0 Å². The predicted molar refractivity (Wildman–Crippen MR) is 80.6 cm³/mol. The highest BCUT2D eigenvalue weighted by Gasteiger charge is 2.09. The Morgan fingerprint density at radius 1 is 1.10 bits per heavy atom. The second-order valence-corrected chi connectivity index (χ2v) is 5.30. The molecule has 0 saturated heterocycles. The van der Waals surface area contributed by atoms with E-state index in [1.165, 1.54) is 0 Å². The molecular formula is C16H25N3O. The summed E-state index contributed by atoms with van der Waals surface area (Å²) in [6, 6.07) is 4.55. The molecule has 2 aromatic heterocycles. The van der Waals surface area contributed by atoms with Crippen molar-refractivity contribution < 1.29 is 5.11 Å². The fourth-order valence-electron chi connectivity index (χ4n) is 2.51. The summed E-state index contributed by atoms with van der Waals surface area (Å²) in [4.78, 5) is 0. The van der Waals surface area contributed by atoms with Crippen molar-refractivity contribution in [3.8, 4) is 0 Å². The van der Waals surface area contributed by atoms with Crippen molar-refractivity contribution in [3.05, 3.63) is 42.0 Å². The van der Waals surface area contributed by atoms with Crippen molar-refractivity contribution in [2.45, 2.75) is 58.7 Å². The lowest BCUT2D eigenvalue weighted by Crippen LogP contribution is -2.08. The number of aliphatic hydroxyl groups is 1. The van der Waals surface area contributed by atoms with Crippen LogP contribution in [0.25, 0.3) is 0 Å². The summed E-state index contributed by atoms with van der Waals surface area (Å²) in [5, 5.41) is 14.5. The van der Waals surface area contributed by atoms with Gasteiger partial charge in [-0.15, -0.1) is 0 Å². The van der Waals surface area contributed by atoms with Gasteiger partial charge in [0.2, 0.25) is 0 Å². The normalized spacial score (nSPS) is 13.1. The molecule has 2 rings (SSSR count). The summed E-state index contributed by atoms with van der Waals surface area (Å²) in [5.74, 6) is 0. The maximum absolute atomic E-state index is 9.82. The van der Waals surface area contributed by atoms with Gasteiger partial charge in [-0.1, -0.05) is 20.8 Å². The van der Waals surface area contributed by atoms with Crippen LogP contribution in [0.4, 0.5) is 0 Å². The van der Waals surface area contributed by atoms with E-state index in [4.69, 9.17) is 0 Å². The Hall–Kier alpha value is -1.55. The first-order chi connectivity index (χ1) is 9.67. The molecule has 20 heavy (non-hydrogen) atoms. The third-order valence-corrected chi connectivity index (χ3v) is 3.87. The van der Waals surface area contributed by atoms with Crippen LogP contribution in [0, 0.1) is 0 Å². The van der Waals surface area contributed by atoms with Crippen molar-refractivity contribution in [2.75, 3.05) is 0 Å². The Kier molecular flexibility index (Phi) is 5.01. The van der Waals surface area contributed by atoms with Crippen LogP contribution in [0.15, 0.2) is 30.7 Å². The topological polar surface area (TPSA) is 43.0 Å². The van der Waals surface area contributed by atoms with E-state index in [1.807, 2.05) is 25.4 Å². The zero-order valence-electron chi connectivity index (χ0n) is 12.7. The van der Waals surface area contributed by atoms with Gasteiger partial charge in [0.15, 0.2) is 0 Å². The Morgan fingerprint density at radius 3 is 2.50 bits per heavy atom. The average Bonchev–Trinajstić information content (AvgIpc) is 3.10. The van der Waals surface area contributed by atoms with Crippen LogP contribution >= 0.6 is 0 Å². The van der Waals surface area contributed by atoms with Gasteiger partial charge < -0.3 is 9.67 Å². The Labute approximate surface area is 121 Å². The van der Waals surface area contributed by atoms with E-state index >= 15 is 0 Å². The number of hydrogen-bond donors (Lipinski definition) is 1. The van der Waals surface area contributed by atoms with Crippen LogP contribution in [0.5, 0.6) is 0 Å². The van der Waals surface area contributed by atoms with E-state index in [2.05, 4.69) is 40.5 Å². The molecule has 0 bridgehead atoms. The maximum atomic E-state index is 9.82. The summed E-state index contributed by atoms with van der Waals surface area (Å²) in [7, 11) is 0. The molecule has 0 aromatic carbocycles. The fraction of sp³-hybridized carbons (Fsp3) is 0.562. The predicted octanol–water partition coefficient (Wildman–Crippen LogP) is 3.54. The third kappa shape index (κ3) is 3.31. The Bertz CT molecular complexity index is 525. The average molecular weight is 275 g/mol. The number of hydrogen-bond acceptors (Lipinski definition) is 2. The molecule has 1 atom stereocenters. The second-order valence-electron chi connectivity index (χ2n) is 5.30. The molecule has 2 heterocycles. The van der Waals surface area contributed by atoms with Crippen molar-refractivity contribution >= 4 is 0 Å². The molecule has 0 fully saturated rings. The number of aromatic nitrogens is 3. The molecule has 0 aliphatic heterocycles. The van der Waals surface area contributed by atoms with Crippen LogP contribution in [0.1, 0.15) is 63.4 Å². The lowest BCUT2D eigenvalue weighted by Gasteiger charge is -2.12. The molecule has 0 aliphatic carbocycles. The molecule has 2 aromatic rings. The van der Waals surface area contributed by atoms with Gasteiger partial charge in [-0.3, -0.25) is 4.68 Å². The van der Waals surface area contributed by atoms with Crippen LogP contribution in [0.2, 0.25) is 0 Å². The highest BCUT2D eigenvalue weighted by molar-refractivity contribution is 5.14. The van der Waals surface area contributed by atoms with Crippen LogP contribution < -0.4 is 0 Å². The van der Waals surface area contributed by atoms with E-state index in [0.717, 1.165) is 37.1 Å². The molecule has 4 heteroatoms. The van der Waals surface area contributed by atoms with E-state index in [1.54, 1.807) is 0 Å². The molecule has 1 unspecified atom stereocenters. The fourth-order valence-corrected chi connectivity index (χ4v) is 2.51. The largest absolute Gasteiger partial charge is 0.388 e. The quantitative estimate of drug-likeness (QED) is 0.840. The summed E-state index contributed by atoms with van der Waals surface area (Å²) in [6.07, 6.45) is 8.67. The van der Waals surface area contributed by atoms with E-state index < -0.39 is 0 Å². The summed E-state index contributed by atoms with van der Waals surface area (Å²) in [5.41, 5.74) is 2.04. The van der Waals surface area contributed by atoms with E-state index in [9.17, 15) is 5.11 Å². The highest BCUT2D eigenvalue weighted by atomic mass is 16.3. The molecule has 0 saturated carbocycles. The summed E-state index contributed by atoms with van der Waals surface area (Å²) >= 11 is 0. The van der Waals surface area contributed by atoms with Gasteiger partial charge in [0.05, 0.1) is 24.4 Å². The molecule has 0 radical (unpaired) electrons.